The fourth-order valence-corrected chi connectivity index (χ4v) is 17.4. The van der Waals surface area contributed by atoms with E-state index in [1.807, 2.05) is 72.8 Å². The first-order valence-electron chi connectivity index (χ1n) is 41.9. The Morgan fingerprint density at radius 3 is 0.541 bits per heavy atom. The Balaban J connectivity index is 1.20. The number of nitriles is 6. The molecule has 0 spiro atoms. The number of fused-ring (bicyclic) bond motifs is 12. The summed E-state index contributed by atoms with van der Waals surface area (Å²) in [6.45, 7) is 9.16. The minimum absolute atomic E-state index is 0.589. The van der Waals surface area contributed by atoms with E-state index in [2.05, 4.69) is 180 Å². The summed E-state index contributed by atoms with van der Waals surface area (Å²) in [5.41, 5.74) is 22.7. The zero-order valence-electron chi connectivity index (χ0n) is 65.7. The summed E-state index contributed by atoms with van der Waals surface area (Å²) in [7, 11) is 0. The maximum atomic E-state index is 10.3. The molecule has 0 N–H and O–H groups in total. The van der Waals surface area contributed by atoms with E-state index in [9.17, 15) is 31.6 Å². The number of nitrogens with zero attached hydrogens (tertiary/aromatic N) is 9. The molecule has 111 heavy (non-hydrogen) atoms. The van der Waals surface area contributed by atoms with Crippen molar-refractivity contribution in [3.8, 4) is 103 Å². The first-order valence-corrected chi connectivity index (χ1v) is 41.9. The molecule has 9 nitrogen and oxygen atoms in total. The molecule has 0 fully saturated rings. The molecule has 0 amide bonds. The van der Waals surface area contributed by atoms with Crippen molar-refractivity contribution in [2.45, 2.75) is 233 Å². The number of rotatable bonds is 39. The molecule has 0 atom stereocenters. The van der Waals surface area contributed by atoms with Crippen LogP contribution in [0.4, 0.5) is 0 Å². The summed E-state index contributed by atoms with van der Waals surface area (Å²) in [6, 6.07) is 77.4. The molecule has 0 aliphatic carbocycles. The Kier molecular flexibility index (Phi) is 26.8. The van der Waals surface area contributed by atoms with Crippen LogP contribution < -0.4 is 0 Å². The zero-order chi connectivity index (χ0) is 76.8. The highest BCUT2D eigenvalue weighted by molar-refractivity contribution is 6.40. The fourth-order valence-electron chi connectivity index (χ4n) is 17.4. The second kappa shape index (κ2) is 38.3. The lowest BCUT2D eigenvalue weighted by Gasteiger charge is -2.14. The van der Waals surface area contributed by atoms with Gasteiger partial charge >= 0.3 is 0 Å². The van der Waals surface area contributed by atoms with Gasteiger partial charge in [0.1, 0.15) is 0 Å². The molecule has 13 rings (SSSR count). The van der Waals surface area contributed by atoms with Crippen LogP contribution in [0.25, 0.3) is 132 Å². The van der Waals surface area contributed by atoms with E-state index < -0.39 is 0 Å². The third-order valence-electron chi connectivity index (χ3n) is 23.5. The highest BCUT2D eigenvalue weighted by atomic mass is 15.0. The molecule has 3 aromatic heterocycles. The summed E-state index contributed by atoms with van der Waals surface area (Å²) in [6.07, 6.45) is 36.3. The van der Waals surface area contributed by atoms with Crippen molar-refractivity contribution in [3.63, 3.8) is 0 Å². The Morgan fingerprint density at radius 1 is 0.207 bits per heavy atom. The van der Waals surface area contributed by atoms with Crippen LogP contribution in [-0.2, 0) is 19.6 Å². The SMILES string of the molecule is CCCCCCCCCCCCn1c2cc(-c3ccc(C#N)cc3)c(-c3ccc(C#N)cc3)cc2c2c1c1c3cc(-c4ccc(C#N)cc4)c(-c4ccc(C#N)cc4)cc3n(CCCCCCCCCCCC)c1c1c3cc(-c4ccc(C#N)cc4)c(-c4ccc(C#N)cc4)cc3n(CCCCCCCCCCCC)c21. The minimum atomic E-state index is 0.589. The van der Waals surface area contributed by atoms with Crippen molar-refractivity contribution in [1.29, 1.82) is 31.6 Å². The first-order chi connectivity index (χ1) is 54.7. The Morgan fingerprint density at radius 2 is 0.369 bits per heavy atom. The maximum Gasteiger partial charge on any atom is 0.0991 e. The van der Waals surface area contributed by atoms with E-state index in [1.165, 1.54) is 168 Å². The van der Waals surface area contributed by atoms with Gasteiger partial charge in [0, 0.05) is 68.5 Å². The second-order valence-electron chi connectivity index (χ2n) is 31.1. The molecule has 0 saturated heterocycles. The van der Waals surface area contributed by atoms with Gasteiger partial charge in [-0.05, 0) is 195 Å². The number of hydrogen-bond donors (Lipinski definition) is 0. The van der Waals surface area contributed by atoms with Gasteiger partial charge in [-0.3, -0.25) is 0 Å². The molecule has 9 heteroatoms. The quantitative estimate of drug-likeness (QED) is 0.0349. The number of unbranched alkanes of at least 4 members (excludes halogenated alkanes) is 27. The van der Waals surface area contributed by atoms with E-state index >= 15 is 0 Å². The predicted octanol–water partition coefficient (Wildman–Crippen LogP) is 29.0. The summed E-state index contributed by atoms with van der Waals surface area (Å²) >= 11 is 0. The van der Waals surface area contributed by atoms with E-state index in [0.29, 0.717) is 33.4 Å². The molecule has 0 aliphatic heterocycles. The van der Waals surface area contributed by atoms with Gasteiger partial charge < -0.3 is 13.7 Å². The second-order valence-corrected chi connectivity index (χ2v) is 31.1. The summed E-state index contributed by atoms with van der Waals surface area (Å²) < 4.78 is 8.17. The molecule has 0 bridgehead atoms. The van der Waals surface area contributed by atoms with Crippen molar-refractivity contribution >= 4 is 65.4 Å². The highest BCUT2D eigenvalue weighted by Crippen LogP contribution is 2.53. The Labute approximate surface area is 658 Å². The van der Waals surface area contributed by atoms with Crippen LogP contribution >= 0.6 is 0 Å². The largest absolute Gasteiger partial charge is 0.340 e. The van der Waals surface area contributed by atoms with Crippen LogP contribution in [0.5, 0.6) is 0 Å². The molecule has 10 aromatic carbocycles. The summed E-state index contributed by atoms with van der Waals surface area (Å²) in [5, 5.41) is 68.8. The van der Waals surface area contributed by atoms with E-state index in [4.69, 9.17) is 0 Å². The summed E-state index contributed by atoms with van der Waals surface area (Å²) in [4.78, 5) is 0. The van der Waals surface area contributed by atoms with E-state index in [1.54, 1.807) is 0 Å². The molecule has 13 aromatic rings. The summed E-state index contributed by atoms with van der Waals surface area (Å²) in [5.74, 6) is 0. The number of benzene rings is 10. The van der Waals surface area contributed by atoms with Gasteiger partial charge in [0.2, 0.25) is 0 Å². The van der Waals surface area contributed by atoms with Crippen LogP contribution in [0.3, 0.4) is 0 Å². The monoisotopic (exact) mass is 1460 g/mol. The lowest BCUT2D eigenvalue weighted by Crippen LogP contribution is -2.02. The van der Waals surface area contributed by atoms with Crippen molar-refractivity contribution in [2.75, 3.05) is 0 Å². The van der Waals surface area contributed by atoms with Gasteiger partial charge in [-0.15, -0.1) is 0 Å². The van der Waals surface area contributed by atoms with Crippen LogP contribution in [0.15, 0.2) is 182 Å². The normalized spacial score (nSPS) is 11.4. The van der Waals surface area contributed by atoms with Crippen molar-refractivity contribution in [1.82, 2.24) is 13.7 Å². The Bertz CT molecular complexity index is 5050. The van der Waals surface area contributed by atoms with Crippen molar-refractivity contribution < 1.29 is 0 Å². The molecule has 0 saturated carbocycles. The average Bonchev–Trinajstić information content (AvgIpc) is 1.51. The smallest absolute Gasteiger partial charge is 0.0991 e. The fraction of sp³-hybridized carbons (Fsp3) is 0.353. The highest BCUT2D eigenvalue weighted by Gasteiger charge is 2.31. The van der Waals surface area contributed by atoms with Gasteiger partial charge in [-0.25, -0.2) is 0 Å². The van der Waals surface area contributed by atoms with Gasteiger partial charge in [0.05, 0.1) is 86.3 Å². The van der Waals surface area contributed by atoms with Crippen LogP contribution in [0.1, 0.15) is 247 Å². The van der Waals surface area contributed by atoms with Gasteiger partial charge in [0.25, 0.3) is 0 Å². The lowest BCUT2D eigenvalue weighted by atomic mass is 9.90. The molecule has 0 unspecified atom stereocenters. The maximum absolute atomic E-state index is 10.3. The number of hydrogen-bond acceptors (Lipinski definition) is 6. The predicted molar refractivity (Wildman–Crippen MR) is 462 cm³/mol. The Hall–Kier alpha value is -11.5. The standard InChI is InChI=1S/C102H105N9/c1-4-7-10-13-16-19-22-25-28-31-58-109-94-64-88(82-52-40-76(70-106)41-53-82)85(79-46-34-73(67-103)35-47-79)61-91(94)97-100(109)98-92-62-86(80-48-36-74(68-104)37-49-80)89(83-54-42-77(71-107)43-55-83)65-95(92)110(59-32-29-26-23-20-17-14-11-8-5-2)102(98)99-93-63-87(81-50-38-75(69-105)39-51-81)90(84-56-44-78(72-108)45-57-84)66-96(93)111(101(97)99)60-33-30-27-24-21-18-15-12-9-6-3/h34-57,61-66H,4-33,58-60H2,1-3H3. The minimum Gasteiger partial charge on any atom is -0.340 e. The van der Waals surface area contributed by atoms with E-state index in [0.717, 1.165) is 177 Å². The zero-order valence-corrected chi connectivity index (χ0v) is 65.7. The molecule has 0 radical (unpaired) electrons. The van der Waals surface area contributed by atoms with Gasteiger partial charge in [-0.2, -0.15) is 31.6 Å². The third-order valence-corrected chi connectivity index (χ3v) is 23.5. The molecule has 558 valence electrons. The lowest BCUT2D eigenvalue weighted by molar-refractivity contribution is 0.541. The first kappa shape index (κ1) is 77.7. The van der Waals surface area contributed by atoms with Crippen molar-refractivity contribution in [3.05, 3.63) is 215 Å². The molecular formula is C102H105N9. The average molecular weight is 1460 g/mol. The number of aromatic nitrogens is 3. The molecule has 3 heterocycles. The topological polar surface area (TPSA) is 158 Å². The molecular weight excluding hydrogens is 1350 g/mol. The van der Waals surface area contributed by atoms with Crippen LogP contribution in [0.2, 0.25) is 0 Å². The molecule has 0 aliphatic rings. The number of aryl methyl sites for hydroxylation is 3. The third kappa shape index (κ3) is 17.6. The van der Waals surface area contributed by atoms with Crippen molar-refractivity contribution in [2.24, 2.45) is 0 Å². The van der Waals surface area contributed by atoms with Gasteiger partial charge in [-0.1, -0.05) is 267 Å². The van der Waals surface area contributed by atoms with Gasteiger partial charge in [0.15, 0.2) is 0 Å². The van der Waals surface area contributed by atoms with Crippen LogP contribution in [-0.4, -0.2) is 13.7 Å². The van der Waals surface area contributed by atoms with Crippen LogP contribution in [0, 0.1) is 68.0 Å². The van der Waals surface area contributed by atoms with E-state index in [-0.39, 0.29) is 0 Å².